The number of thioether (sulfide) groups is 1. The zero-order valence-electron chi connectivity index (χ0n) is 15.8. The second kappa shape index (κ2) is 9.74. The highest BCUT2D eigenvalue weighted by atomic mass is 32.2. The van der Waals surface area contributed by atoms with Gasteiger partial charge in [-0.3, -0.25) is 9.36 Å². The SMILES string of the molecule is C=CCn1c(SCC(=O)Nc2ccc(C(=O)OCC)cc2)nnc1-c1ccco1. The van der Waals surface area contributed by atoms with Crippen LogP contribution >= 0.6 is 11.8 Å². The Balaban J connectivity index is 1.61. The maximum absolute atomic E-state index is 12.3. The van der Waals surface area contributed by atoms with E-state index in [1.54, 1.807) is 55.7 Å². The van der Waals surface area contributed by atoms with Crippen molar-refractivity contribution in [3.8, 4) is 11.6 Å². The molecule has 0 spiro atoms. The largest absolute Gasteiger partial charge is 0.462 e. The highest BCUT2D eigenvalue weighted by Gasteiger charge is 2.16. The molecule has 3 rings (SSSR count). The van der Waals surface area contributed by atoms with Gasteiger partial charge >= 0.3 is 5.97 Å². The molecular formula is C20H20N4O4S. The fourth-order valence-electron chi connectivity index (χ4n) is 2.51. The van der Waals surface area contributed by atoms with Crippen LogP contribution in [0.2, 0.25) is 0 Å². The van der Waals surface area contributed by atoms with Crippen LogP contribution in [0.15, 0.2) is 64.9 Å². The van der Waals surface area contributed by atoms with Gasteiger partial charge in [0.25, 0.3) is 0 Å². The van der Waals surface area contributed by atoms with Crippen LogP contribution in [0, 0.1) is 0 Å². The van der Waals surface area contributed by atoms with Gasteiger partial charge in [-0.1, -0.05) is 17.8 Å². The van der Waals surface area contributed by atoms with Crippen molar-refractivity contribution in [3.05, 3.63) is 60.9 Å². The Labute approximate surface area is 172 Å². The topological polar surface area (TPSA) is 99.2 Å². The molecule has 3 aromatic rings. The molecule has 0 unspecified atom stereocenters. The maximum Gasteiger partial charge on any atom is 0.338 e. The van der Waals surface area contributed by atoms with Crippen molar-refractivity contribution in [1.29, 1.82) is 0 Å². The van der Waals surface area contributed by atoms with E-state index < -0.39 is 5.97 Å². The minimum absolute atomic E-state index is 0.146. The highest BCUT2D eigenvalue weighted by Crippen LogP contribution is 2.24. The smallest absolute Gasteiger partial charge is 0.338 e. The number of benzene rings is 1. The normalized spacial score (nSPS) is 10.5. The number of amides is 1. The lowest BCUT2D eigenvalue weighted by Crippen LogP contribution is -2.15. The number of nitrogens with one attached hydrogen (secondary N) is 1. The van der Waals surface area contributed by atoms with Crippen molar-refractivity contribution in [1.82, 2.24) is 14.8 Å². The lowest BCUT2D eigenvalue weighted by atomic mass is 10.2. The third-order valence-corrected chi connectivity index (χ3v) is 4.75. The van der Waals surface area contributed by atoms with Crippen LogP contribution in [-0.4, -0.2) is 39.0 Å². The lowest BCUT2D eigenvalue weighted by molar-refractivity contribution is -0.113. The molecule has 0 aliphatic carbocycles. The summed E-state index contributed by atoms with van der Waals surface area (Å²) in [5, 5.41) is 11.7. The fraction of sp³-hybridized carbons (Fsp3) is 0.200. The van der Waals surface area contributed by atoms with Crippen LogP contribution in [0.5, 0.6) is 0 Å². The summed E-state index contributed by atoms with van der Waals surface area (Å²) in [5.41, 5.74) is 1.02. The van der Waals surface area contributed by atoms with Crippen LogP contribution < -0.4 is 5.32 Å². The number of carbonyl (C=O) groups excluding carboxylic acids is 2. The summed E-state index contributed by atoms with van der Waals surface area (Å²) in [6.07, 6.45) is 3.29. The number of esters is 1. The van der Waals surface area contributed by atoms with E-state index in [-0.39, 0.29) is 11.7 Å². The second-order valence-corrected chi connectivity index (χ2v) is 6.76. The van der Waals surface area contributed by atoms with Crippen molar-refractivity contribution in [2.45, 2.75) is 18.6 Å². The van der Waals surface area contributed by atoms with Gasteiger partial charge in [-0.05, 0) is 43.3 Å². The molecular weight excluding hydrogens is 392 g/mol. The molecule has 1 N–H and O–H groups in total. The number of ether oxygens (including phenoxy) is 1. The number of carbonyl (C=O) groups is 2. The van der Waals surface area contributed by atoms with Gasteiger partial charge in [0.05, 0.1) is 24.2 Å². The van der Waals surface area contributed by atoms with Crippen molar-refractivity contribution in [3.63, 3.8) is 0 Å². The first-order chi connectivity index (χ1) is 14.1. The van der Waals surface area contributed by atoms with Gasteiger partial charge in [-0.25, -0.2) is 4.79 Å². The molecule has 0 radical (unpaired) electrons. The van der Waals surface area contributed by atoms with Crippen LogP contribution in [0.4, 0.5) is 5.69 Å². The van der Waals surface area contributed by atoms with Crippen LogP contribution in [-0.2, 0) is 16.1 Å². The van der Waals surface area contributed by atoms with Crippen LogP contribution in [0.3, 0.4) is 0 Å². The first-order valence-electron chi connectivity index (χ1n) is 8.90. The van der Waals surface area contributed by atoms with E-state index >= 15 is 0 Å². The van der Waals surface area contributed by atoms with Gasteiger partial charge in [0.15, 0.2) is 10.9 Å². The van der Waals surface area contributed by atoms with E-state index in [1.807, 2.05) is 4.57 Å². The Bertz CT molecular complexity index is 981. The monoisotopic (exact) mass is 412 g/mol. The molecule has 0 bridgehead atoms. The quantitative estimate of drug-likeness (QED) is 0.325. The Hall–Kier alpha value is -3.33. The minimum atomic E-state index is -0.394. The number of furan rings is 1. The predicted octanol–water partition coefficient (Wildman–Crippen LogP) is 3.63. The average Bonchev–Trinajstić information content (AvgIpc) is 3.37. The first-order valence-corrected chi connectivity index (χ1v) is 9.88. The fourth-order valence-corrected chi connectivity index (χ4v) is 3.26. The molecule has 0 atom stereocenters. The molecule has 150 valence electrons. The molecule has 1 amide bonds. The second-order valence-electron chi connectivity index (χ2n) is 5.82. The molecule has 1 aromatic carbocycles. The Morgan fingerprint density at radius 3 is 2.72 bits per heavy atom. The van der Waals surface area contributed by atoms with E-state index in [1.165, 1.54) is 11.8 Å². The maximum atomic E-state index is 12.3. The average molecular weight is 412 g/mol. The van der Waals surface area contributed by atoms with Crippen molar-refractivity contribution >= 4 is 29.3 Å². The molecule has 0 aliphatic rings. The standard InChI is InChI=1S/C20H20N4O4S/c1-3-11-24-18(16-6-5-12-28-16)22-23-20(24)29-13-17(25)21-15-9-7-14(8-10-15)19(26)27-4-2/h3,5-10,12H,1,4,11,13H2,2H3,(H,21,25). The highest BCUT2D eigenvalue weighted by molar-refractivity contribution is 7.99. The van der Waals surface area contributed by atoms with Gasteiger partial charge < -0.3 is 14.5 Å². The molecule has 8 nitrogen and oxygen atoms in total. The lowest BCUT2D eigenvalue weighted by Gasteiger charge is -2.08. The molecule has 0 saturated carbocycles. The Kier molecular flexibility index (Phi) is 6.85. The zero-order chi connectivity index (χ0) is 20.6. The summed E-state index contributed by atoms with van der Waals surface area (Å²) in [5.74, 6) is 0.721. The van der Waals surface area contributed by atoms with E-state index in [0.29, 0.717) is 41.1 Å². The minimum Gasteiger partial charge on any atom is -0.462 e. The van der Waals surface area contributed by atoms with E-state index in [2.05, 4.69) is 22.1 Å². The van der Waals surface area contributed by atoms with E-state index in [0.717, 1.165) is 0 Å². The molecule has 2 heterocycles. The summed E-state index contributed by atoms with van der Waals surface area (Å²) in [6, 6.07) is 10.1. The van der Waals surface area contributed by atoms with Gasteiger partial charge in [-0.15, -0.1) is 16.8 Å². The van der Waals surface area contributed by atoms with Crippen molar-refractivity contribution in [2.75, 3.05) is 17.7 Å². The summed E-state index contributed by atoms with van der Waals surface area (Å²) in [7, 11) is 0. The number of allylic oxidation sites excluding steroid dienone is 1. The summed E-state index contributed by atoms with van der Waals surface area (Å²) in [4.78, 5) is 24.0. The molecule has 9 heteroatoms. The summed E-state index contributed by atoms with van der Waals surface area (Å²) < 4.78 is 12.2. The number of hydrogen-bond acceptors (Lipinski definition) is 7. The van der Waals surface area contributed by atoms with Crippen molar-refractivity contribution < 1.29 is 18.7 Å². The van der Waals surface area contributed by atoms with Gasteiger partial charge in [0.1, 0.15) is 0 Å². The predicted molar refractivity (Wildman–Crippen MR) is 110 cm³/mol. The van der Waals surface area contributed by atoms with Gasteiger partial charge in [0.2, 0.25) is 11.7 Å². The molecule has 2 aromatic heterocycles. The summed E-state index contributed by atoms with van der Waals surface area (Å²) in [6.45, 7) is 6.30. The van der Waals surface area contributed by atoms with E-state index in [9.17, 15) is 9.59 Å². The van der Waals surface area contributed by atoms with Gasteiger partial charge in [0, 0.05) is 12.2 Å². The van der Waals surface area contributed by atoms with Crippen molar-refractivity contribution in [2.24, 2.45) is 0 Å². The molecule has 29 heavy (non-hydrogen) atoms. The summed E-state index contributed by atoms with van der Waals surface area (Å²) >= 11 is 1.26. The molecule has 0 saturated heterocycles. The third kappa shape index (κ3) is 5.14. The first kappa shape index (κ1) is 20.4. The third-order valence-electron chi connectivity index (χ3n) is 3.78. The Morgan fingerprint density at radius 1 is 1.28 bits per heavy atom. The number of hydrogen-bond donors (Lipinski definition) is 1. The number of aromatic nitrogens is 3. The van der Waals surface area contributed by atoms with Crippen LogP contribution in [0.1, 0.15) is 17.3 Å². The van der Waals surface area contributed by atoms with Crippen LogP contribution in [0.25, 0.3) is 11.6 Å². The van der Waals surface area contributed by atoms with Gasteiger partial charge in [-0.2, -0.15) is 0 Å². The molecule has 0 fully saturated rings. The number of rotatable bonds is 9. The number of anilines is 1. The molecule has 0 aliphatic heterocycles. The number of nitrogens with zero attached hydrogens (tertiary/aromatic N) is 3. The van der Waals surface area contributed by atoms with E-state index in [4.69, 9.17) is 9.15 Å². The zero-order valence-corrected chi connectivity index (χ0v) is 16.6. The Morgan fingerprint density at radius 2 is 2.07 bits per heavy atom.